The smallest absolute Gasteiger partial charge is 0.163 e. The lowest BCUT2D eigenvalue weighted by atomic mass is 10.1. The van der Waals surface area contributed by atoms with Crippen LogP contribution in [0, 0.1) is 0 Å². The average Bonchev–Trinajstić information content (AvgIpc) is 2.35. The monoisotopic (exact) mass is 254 g/mol. The molecular weight excluding hydrogens is 240 g/mol. The Hall–Kier alpha value is -1.48. The van der Waals surface area contributed by atoms with E-state index in [1.54, 1.807) is 25.3 Å². The highest BCUT2D eigenvalue weighted by Crippen LogP contribution is 2.25. The van der Waals surface area contributed by atoms with Gasteiger partial charge in [0, 0.05) is 11.6 Å². The fourth-order valence-corrected chi connectivity index (χ4v) is 1.33. The van der Waals surface area contributed by atoms with E-state index in [-0.39, 0.29) is 5.78 Å². The number of carbonyl (C=O) groups excluding carboxylic acids is 1. The Balaban J connectivity index is 2.97. The van der Waals surface area contributed by atoms with Crippen LogP contribution in [-0.4, -0.2) is 19.5 Å². The third kappa shape index (κ3) is 3.79. The first-order valence-corrected chi connectivity index (χ1v) is 5.59. The first kappa shape index (κ1) is 13.6. The summed E-state index contributed by atoms with van der Waals surface area (Å²) in [5, 5.41) is 0. The lowest BCUT2D eigenvalue weighted by molar-refractivity contribution is 0.101. The Morgan fingerprint density at radius 2 is 2.12 bits per heavy atom. The van der Waals surface area contributed by atoms with Gasteiger partial charge in [0.1, 0.15) is 18.1 Å². The van der Waals surface area contributed by atoms with E-state index in [0.717, 1.165) is 5.57 Å². The molecule has 0 saturated carbocycles. The van der Waals surface area contributed by atoms with Crippen LogP contribution >= 0.6 is 11.6 Å². The molecule has 0 radical (unpaired) electrons. The van der Waals surface area contributed by atoms with Crippen LogP contribution in [0.15, 0.2) is 29.3 Å². The zero-order valence-corrected chi connectivity index (χ0v) is 10.9. The van der Waals surface area contributed by atoms with Crippen molar-refractivity contribution >= 4 is 17.4 Å². The molecule has 3 nitrogen and oxygen atoms in total. The molecule has 0 N–H and O–H groups in total. The van der Waals surface area contributed by atoms with Crippen molar-refractivity contribution in [1.29, 1.82) is 0 Å². The van der Waals surface area contributed by atoms with Gasteiger partial charge in [0.25, 0.3) is 0 Å². The van der Waals surface area contributed by atoms with E-state index in [1.807, 2.05) is 6.92 Å². The van der Waals surface area contributed by atoms with Crippen molar-refractivity contribution < 1.29 is 14.3 Å². The second kappa shape index (κ2) is 6.30. The normalized spacial score (nSPS) is 11.2. The number of rotatable bonds is 5. The minimum absolute atomic E-state index is 0.0461. The quantitative estimate of drug-likeness (QED) is 0.756. The summed E-state index contributed by atoms with van der Waals surface area (Å²) in [6.45, 7) is 3.69. The van der Waals surface area contributed by atoms with Gasteiger partial charge in [-0.3, -0.25) is 4.79 Å². The molecule has 1 aromatic rings. The standard InChI is InChI=1S/C13H15ClO3/c1-9(7-14)8-17-13-6-11(16-3)4-5-12(13)10(2)15/h4-7H,8H2,1-3H3/b9-7+. The van der Waals surface area contributed by atoms with Gasteiger partial charge in [-0.05, 0) is 31.6 Å². The first-order valence-electron chi connectivity index (χ1n) is 5.16. The summed E-state index contributed by atoms with van der Waals surface area (Å²) in [5.41, 5.74) is 2.87. The molecule has 0 atom stereocenters. The third-order valence-corrected chi connectivity index (χ3v) is 2.58. The maximum absolute atomic E-state index is 11.4. The summed E-state index contributed by atoms with van der Waals surface area (Å²) in [6, 6.07) is 5.11. The number of methoxy groups -OCH3 is 1. The molecule has 0 amide bonds. The van der Waals surface area contributed by atoms with Gasteiger partial charge in [0.05, 0.1) is 12.7 Å². The van der Waals surface area contributed by atoms with Gasteiger partial charge in [-0.25, -0.2) is 0 Å². The van der Waals surface area contributed by atoms with Gasteiger partial charge in [0.15, 0.2) is 5.78 Å². The first-order chi connectivity index (χ1) is 8.08. The molecule has 1 aromatic carbocycles. The summed E-state index contributed by atoms with van der Waals surface area (Å²) >= 11 is 5.55. The van der Waals surface area contributed by atoms with Crippen LogP contribution < -0.4 is 9.47 Å². The number of hydrogen-bond donors (Lipinski definition) is 0. The molecule has 4 heteroatoms. The molecule has 1 rings (SSSR count). The van der Waals surface area contributed by atoms with Crippen LogP contribution in [0.25, 0.3) is 0 Å². The highest BCUT2D eigenvalue weighted by atomic mass is 35.5. The number of Topliss-reactive ketones (excluding diaryl/α,β-unsaturated/α-hetero) is 1. The zero-order chi connectivity index (χ0) is 12.8. The highest BCUT2D eigenvalue weighted by molar-refractivity contribution is 6.25. The van der Waals surface area contributed by atoms with E-state index in [4.69, 9.17) is 21.1 Å². The molecule has 0 bridgehead atoms. The van der Waals surface area contributed by atoms with E-state index < -0.39 is 0 Å². The molecular formula is C13H15ClO3. The van der Waals surface area contributed by atoms with Gasteiger partial charge >= 0.3 is 0 Å². The van der Waals surface area contributed by atoms with Crippen molar-refractivity contribution in [2.45, 2.75) is 13.8 Å². The lowest BCUT2D eigenvalue weighted by Crippen LogP contribution is -2.04. The van der Waals surface area contributed by atoms with Crippen LogP contribution in [0.2, 0.25) is 0 Å². The Bertz CT molecular complexity index is 438. The molecule has 92 valence electrons. The molecule has 0 saturated heterocycles. The molecule has 0 fully saturated rings. The van der Waals surface area contributed by atoms with E-state index in [9.17, 15) is 4.79 Å². The Labute approximate surface area is 106 Å². The van der Waals surface area contributed by atoms with E-state index in [0.29, 0.717) is 23.7 Å². The van der Waals surface area contributed by atoms with Gasteiger partial charge in [-0.2, -0.15) is 0 Å². The minimum Gasteiger partial charge on any atom is -0.497 e. The van der Waals surface area contributed by atoms with Crippen molar-refractivity contribution in [1.82, 2.24) is 0 Å². The molecule has 0 heterocycles. The van der Waals surface area contributed by atoms with Crippen molar-refractivity contribution in [3.05, 3.63) is 34.9 Å². The van der Waals surface area contributed by atoms with Gasteiger partial charge in [-0.1, -0.05) is 11.6 Å². The Morgan fingerprint density at radius 1 is 1.41 bits per heavy atom. The number of hydrogen-bond acceptors (Lipinski definition) is 3. The van der Waals surface area contributed by atoms with Crippen LogP contribution in [0.4, 0.5) is 0 Å². The molecule has 0 aromatic heterocycles. The Kier molecular flexibility index (Phi) is 5.04. The van der Waals surface area contributed by atoms with E-state index in [2.05, 4.69) is 0 Å². The topological polar surface area (TPSA) is 35.5 Å². The molecule has 0 unspecified atom stereocenters. The highest BCUT2D eigenvalue weighted by Gasteiger charge is 2.10. The number of halogens is 1. The van der Waals surface area contributed by atoms with Crippen LogP contribution in [-0.2, 0) is 0 Å². The van der Waals surface area contributed by atoms with Gasteiger partial charge in [-0.15, -0.1) is 0 Å². The summed E-state index contributed by atoms with van der Waals surface area (Å²) in [4.78, 5) is 11.4. The lowest BCUT2D eigenvalue weighted by Gasteiger charge is -2.11. The fourth-order valence-electron chi connectivity index (χ4n) is 1.26. The minimum atomic E-state index is -0.0461. The van der Waals surface area contributed by atoms with Crippen molar-refractivity contribution in [2.75, 3.05) is 13.7 Å². The van der Waals surface area contributed by atoms with Crippen LogP contribution in [0.1, 0.15) is 24.2 Å². The number of ketones is 1. The van der Waals surface area contributed by atoms with E-state index >= 15 is 0 Å². The average molecular weight is 255 g/mol. The molecule has 0 spiro atoms. The summed E-state index contributed by atoms with van der Waals surface area (Å²) < 4.78 is 10.6. The fraction of sp³-hybridized carbons (Fsp3) is 0.308. The summed E-state index contributed by atoms with van der Waals surface area (Å²) in [7, 11) is 1.57. The van der Waals surface area contributed by atoms with Gasteiger partial charge < -0.3 is 9.47 Å². The predicted molar refractivity (Wildman–Crippen MR) is 68.1 cm³/mol. The van der Waals surface area contributed by atoms with Crippen molar-refractivity contribution in [3.63, 3.8) is 0 Å². The predicted octanol–water partition coefficient (Wildman–Crippen LogP) is 3.42. The van der Waals surface area contributed by atoms with E-state index in [1.165, 1.54) is 12.5 Å². The summed E-state index contributed by atoms with van der Waals surface area (Å²) in [6.07, 6.45) is 0. The SMILES string of the molecule is COc1ccc(C(C)=O)c(OC/C(C)=C/Cl)c1. The third-order valence-electron chi connectivity index (χ3n) is 2.21. The molecule has 0 aliphatic heterocycles. The molecule has 0 aliphatic carbocycles. The second-order valence-corrected chi connectivity index (χ2v) is 3.88. The maximum atomic E-state index is 11.4. The number of benzene rings is 1. The van der Waals surface area contributed by atoms with Crippen LogP contribution in [0.5, 0.6) is 11.5 Å². The maximum Gasteiger partial charge on any atom is 0.163 e. The number of carbonyl (C=O) groups is 1. The zero-order valence-electron chi connectivity index (χ0n) is 10.1. The Morgan fingerprint density at radius 3 is 2.65 bits per heavy atom. The van der Waals surface area contributed by atoms with Crippen molar-refractivity contribution in [3.8, 4) is 11.5 Å². The van der Waals surface area contributed by atoms with Crippen LogP contribution in [0.3, 0.4) is 0 Å². The molecule has 17 heavy (non-hydrogen) atoms. The molecule has 0 aliphatic rings. The largest absolute Gasteiger partial charge is 0.497 e. The second-order valence-electron chi connectivity index (χ2n) is 3.66. The summed E-state index contributed by atoms with van der Waals surface area (Å²) in [5.74, 6) is 1.11. The van der Waals surface area contributed by atoms with Gasteiger partial charge in [0.2, 0.25) is 0 Å². The van der Waals surface area contributed by atoms with Crippen molar-refractivity contribution in [2.24, 2.45) is 0 Å². The number of ether oxygens (including phenoxy) is 2.